The number of amides is 2. The number of methoxy groups -OCH3 is 2. The number of nitrogens with one attached hydrogen (secondary N) is 1. The summed E-state index contributed by atoms with van der Waals surface area (Å²) >= 11 is 6.11. The van der Waals surface area contributed by atoms with Crippen molar-refractivity contribution in [1.29, 1.82) is 0 Å². The molecule has 2 aliphatic rings. The number of likely N-dealkylation sites (tertiary alicyclic amines) is 2. The highest BCUT2D eigenvalue weighted by atomic mass is 35.5. The molecule has 2 saturated heterocycles. The number of halogens is 1. The maximum absolute atomic E-state index is 12.9. The number of hydrogen-bond donors (Lipinski definition) is 2. The Labute approximate surface area is 212 Å². The van der Waals surface area contributed by atoms with Crippen molar-refractivity contribution >= 4 is 34.9 Å². The van der Waals surface area contributed by atoms with E-state index in [1.54, 1.807) is 20.1 Å². The third-order valence-corrected chi connectivity index (χ3v) is 7.44. The van der Waals surface area contributed by atoms with Gasteiger partial charge in [-0.05, 0) is 45.2 Å². The molecule has 2 fully saturated rings. The van der Waals surface area contributed by atoms with Crippen LogP contribution in [0.3, 0.4) is 0 Å². The Balaban J connectivity index is 1.46. The van der Waals surface area contributed by atoms with Crippen LogP contribution in [0.2, 0.25) is 5.02 Å². The zero-order valence-corrected chi connectivity index (χ0v) is 21.6. The molecule has 0 aromatic heterocycles. The largest absolute Gasteiger partial charge is 0.496 e. The first-order chi connectivity index (χ1) is 16.7. The number of carbonyl (C=O) groups is 3. The Morgan fingerprint density at radius 1 is 1.14 bits per heavy atom. The smallest absolute Gasteiger partial charge is 0.255 e. The summed E-state index contributed by atoms with van der Waals surface area (Å²) in [4.78, 5) is 41.2. The molecule has 3 rings (SSSR count). The van der Waals surface area contributed by atoms with Crippen LogP contribution in [0.1, 0.15) is 49.4 Å². The average Bonchev–Trinajstić information content (AvgIpc) is 2.85. The summed E-state index contributed by atoms with van der Waals surface area (Å²) in [5, 5.41) is 3.35. The number of anilines is 1. The van der Waals surface area contributed by atoms with E-state index in [9.17, 15) is 14.4 Å². The molecule has 2 aliphatic heterocycles. The van der Waals surface area contributed by atoms with Crippen molar-refractivity contribution < 1.29 is 23.9 Å². The molecule has 1 aromatic carbocycles. The Morgan fingerprint density at radius 3 is 2.49 bits per heavy atom. The maximum Gasteiger partial charge on any atom is 0.255 e. The maximum atomic E-state index is 12.9. The standard InChI is InChI=1S/C25H37ClN4O5/c1-16(31)17-6-11-30(12-7-17)24(32)5-4-9-29-10-8-21(23(15-29)35-3)28-25(33)18-13-19(26)20(27)14-22(18)34-2/h13-14,17,21,23H,4-12,15,27H2,1-3H3,(H,28,33). The van der Waals surface area contributed by atoms with Gasteiger partial charge in [-0.1, -0.05) is 11.6 Å². The van der Waals surface area contributed by atoms with Gasteiger partial charge < -0.3 is 30.3 Å². The fourth-order valence-corrected chi connectivity index (χ4v) is 5.06. The van der Waals surface area contributed by atoms with Crippen molar-refractivity contribution in [3.63, 3.8) is 0 Å². The van der Waals surface area contributed by atoms with Gasteiger partial charge in [0.05, 0.1) is 35.5 Å². The van der Waals surface area contributed by atoms with E-state index in [0.717, 1.165) is 38.8 Å². The lowest BCUT2D eigenvalue weighted by Crippen LogP contribution is -2.55. The minimum Gasteiger partial charge on any atom is -0.496 e. The van der Waals surface area contributed by atoms with Gasteiger partial charge in [0.25, 0.3) is 5.91 Å². The summed E-state index contributed by atoms with van der Waals surface area (Å²) in [7, 11) is 3.12. The number of piperidine rings is 2. The number of nitrogen functional groups attached to an aromatic ring is 1. The molecule has 0 bridgehead atoms. The third kappa shape index (κ3) is 7.08. The fraction of sp³-hybridized carbons (Fsp3) is 0.640. The van der Waals surface area contributed by atoms with Crippen LogP contribution < -0.4 is 15.8 Å². The summed E-state index contributed by atoms with van der Waals surface area (Å²) in [6.45, 7) is 5.22. The van der Waals surface area contributed by atoms with Gasteiger partial charge >= 0.3 is 0 Å². The molecule has 194 valence electrons. The monoisotopic (exact) mass is 508 g/mol. The Hall–Kier alpha value is -2.36. The van der Waals surface area contributed by atoms with Gasteiger partial charge in [-0.2, -0.15) is 0 Å². The minimum atomic E-state index is -0.289. The summed E-state index contributed by atoms with van der Waals surface area (Å²) in [5.74, 6) is 0.564. The number of Topliss-reactive ketones (excluding diaryl/α,β-unsaturated/α-hetero) is 1. The predicted octanol–water partition coefficient (Wildman–Crippen LogP) is 2.36. The molecule has 0 aliphatic carbocycles. The number of carbonyl (C=O) groups excluding carboxylic acids is 3. The molecule has 0 saturated carbocycles. The quantitative estimate of drug-likeness (QED) is 0.492. The Bertz CT molecular complexity index is 919. The first-order valence-electron chi connectivity index (χ1n) is 12.2. The normalized spacial score (nSPS) is 21.5. The number of hydrogen-bond acceptors (Lipinski definition) is 7. The lowest BCUT2D eigenvalue weighted by Gasteiger charge is -2.38. The lowest BCUT2D eigenvalue weighted by molar-refractivity contribution is -0.134. The van der Waals surface area contributed by atoms with E-state index in [1.165, 1.54) is 13.2 Å². The molecule has 9 nitrogen and oxygen atoms in total. The average molecular weight is 509 g/mol. The molecule has 35 heavy (non-hydrogen) atoms. The number of benzene rings is 1. The summed E-state index contributed by atoms with van der Waals surface area (Å²) in [6, 6.07) is 2.90. The van der Waals surface area contributed by atoms with Crippen molar-refractivity contribution in [3.05, 3.63) is 22.7 Å². The highest BCUT2D eigenvalue weighted by Crippen LogP contribution is 2.29. The molecule has 0 spiro atoms. The van der Waals surface area contributed by atoms with Gasteiger partial charge in [0.1, 0.15) is 11.5 Å². The molecule has 3 N–H and O–H groups in total. The van der Waals surface area contributed by atoms with E-state index in [2.05, 4.69) is 10.2 Å². The SMILES string of the molecule is COc1cc(N)c(Cl)cc1C(=O)NC1CCN(CCCC(=O)N2CCC(C(C)=O)CC2)CC1OC. The van der Waals surface area contributed by atoms with Gasteiger partial charge in [0.2, 0.25) is 5.91 Å². The van der Waals surface area contributed by atoms with Crippen molar-refractivity contribution in [3.8, 4) is 5.75 Å². The minimum absolute atomic E-state index is 0.102. The predicted molar refractivity (Wildman–Crippen MR) is 135 cm³/mol. The molecule has 1 aromatic rings. The van der Waals surface area contributed by atoms with Crippen LogP contribution >= 0.6 is 11.6 Å². The molecule has 2 atom stereocenters. The summed E-state index contributed by atoms with van der Waals surface area (Å²) < 4.78 is 11.0. The van der Waals surface area contributed by atoms with Crippen LogP contribution in [0.15, 0.2) is 12.1 Å². The molecular weight excluding hydrogens is 472 g/mol. The third-order valence-electron chi connectivity index (χ3n) is 7.11. The second kappa shape index (κ2) is 12.6. The van der Waals surface area contributed by atoms with Crippen molar-refractivity contribution in [2.75, 3.05) is 52.7 Å². The van der Waals surface area contributed by atoms with E-state index < -0.39 is 0 Å². The highest BCUT2D eigenvalue weighted by molar-refractivity contribution is 6.33. The second-order valence-electron chi connectivity index (χ2n) is 9.39. The van der Waals surface area contributed by atoms with E-state index in [1.807, 2.05) is 4.90 Å². The number of ketones is 1. The lowest BCUT2D eigenvalue weighted by atomic mass is 9.93. The zero-order chi connectivity index (χ0) is 25.5. The van der Waals surface area contributed by atoms with Crippen LogP contribution in [-0.2, 0) is 14.3 Å². The molecule has 10 heteroatoms. The van der Waals surface area contributed by atoms with Crippen molar-refractivity contribution in [2.24, 2.45) is 5.92 Å². The van der Waals surface area contributed by atoms with Crippen LogP contribution in [0.25, 0.3) is 0 Å². The topological polar surface area (TPSA) is 114 Å². The number of nitrogens with zero attached hydrogens (tertiary/aromatic N) is 2. The van der Waals surface area contributed by atoms with Crippen molar-refractivity contribution in [1.82, 2.24) is 15.1 Å². The number of rotatable bonds is 9. The van der Waals surface area contributed by atoms with E-state index in [4.69, 9.17) is 26.8 Å². The van der Waals surface area contributed by atoms with Gasteiger partial charge in [-0.15, -0.1) is 0 Å². The van der Waals surface area contributed by atoms with Crippen LogP contribution in [0.4, 0.5) is 5.69 Å². The highest BCUT2D eigenvalue weighted by Gasteiger charge is 2.31. The second-order valence-corrected chi connectivity index (χ2v) is 9.79. The first-order valence-corrected chi connectivity index (χ1v) is 12.6. The number of nitrogens with two attached hydrogens (primary N) is 1. The van der Waals surface area contributed by atoms with Crippen LogP contribution in [0, 0.1) is 5.92 Å². The van der Waals surface area contributed by atoms with Gasteiger partial charge in [0.15, 0.2) is 0 Å². The van der Waals surface area contributed by atoms with Crippen LogP contribution in [0.5, 0.6) is 5.75 Å². The van der Waals surface area contributed by atoms with E-state index in [-0.39, 0.29) is 35.7 Å². The fourth-order valence-electron chi connectivity index (χ4n) is 4.90. The number of ether oxygens (including phenoxy) is 2. The van der Waals surface area contributed by atoms with E-state index in [0.29, 0.717) is 48.1 Å². The zero-order valence-electron chi connectivity index (χ0n) is 20.8. The Morgan fingerprint density at radius 2 is 1.86 bits per heavy atom. The van der Waals surface area contributed by atoms with Crippen LogP contribution in [-0.4, -0.2) is 86.5 Å². The molecule has 2 amide bonds. The Kier molecular flexibility index (Phi) is 9.77. The van der Waals surface area contributed by atoms with Gasteiger partial charge in [-0.25, -0.2) is 0 Å². The first kappa shape index (κ1) is 27.2. The van der Waals surface area contributed by atoms with Gasteiger partial charge in [-0.3, -0.25) is 14.4 Å². The molecule has 0 radical (unpaired) electrons. The summed E-state index contributed by atoms with van der Waals surface area (Å²) in [6.07, 6.45) is 3.34. The molecular formula is C25H37ClN4O5. The molecule has 2 heterocycles. The summed E-state index contributed by atoms with van der Waals surface area (Å²) in [5.41, 5.74) is 6.50. The van der Waals surface area contributed by atoms with E-state index >= 15 is 0 Å². The van der Waals surface area contributed by atoms with Crippen molar-refractivity contribution in [2.45, 2.75) is 51.2 Å². The van der Waals surface area contributed by atoms with Gasteiger partial charge in [0, 0.05) is 51.7 Å². The molecule has 2 unspecified atom stereocenters.